The fraction of sp³-hybridized carbons (Fsp3) is 0.321. The highest BCUT2D eigenvalue weighted by molar-refractivity contribution is 6.35. The molecule has 184 valence electrons. The molecule has 1 aromatic heterocycles. The molecule has 0 bridgehead atoms. The second kappa shape index (κ2) is 13.9. The second-order valence-electron chi connectivity index (χ2n) is 8.46. The maximum Gasteiger partial charge on any atom is 0.327 e. The first-order valence-corrected chi connectivity index (χ1v) is 12.2. The molecule has 1 unspecified atom stereocenters. The fourth-order valence-electron chi connectivity index (χ4n) is 3.89. The Morgan fingerprint density at radius 3 is 2.29 bits per heavy atom. The van der Waals surface area contributed by atoms with E-state index >= 15 is 0 Å². The summed E-state index contributed by atoms with van der Waals surface area (Å²) < 4.78 is 2.21. The Morgan fingerprint density at radius 1 is 0.886 bits per heavy atom. The zero-order valence-electron chi connectivity index (χ0n) is 20.2. The molecule has 3 rings (SSSR count). The number of hydrazine groups is 1. The fourth-order valence-corrected chi connectivity index (χ4v) is 3.89. The molecule has 0 fully saturated rings. The van der Waals surface area contributed by atoms with Gasteiger partial charge in [0.2, 0.25) is 0 Å². The summed E-state index contributed by atoms with van der Waals surface area (Å²) in [7, 11) is 0. The lowest BCUT2D eigenvalue weighted by Gasteiger charge is -2.20. The number of hydrogen-bond donors (Lipinski definition) is 4. The van der Waals surface area contributed by atoms with Crippen molar-refractivity contribution in [3.8, 4) is 0 Å². The summed E-state index contributed by atoms with van der Waals surface area (Å²) in [5.74, 6) is -1.40. The Labute approximate surface area is 207 Å². The van der Waals surface area contributed by atoms with Gasteiger partial charge in [-0.3, -0.25) is 20.4 Å². The summed E-state index contributed by atoms with van der Waals surface area (Å²) in [6, 6.07) is 22.5. The van der Waals surface area contributed by atoms with Crippen LogP contribution in [0.2, 0.25) is 0 Å². The first kappa shape index (κ1) is 25.9. The largest absolute Gasteiger partial charge is 0.396 e. The topological polar surface area (TPSA) is 94.3 Å². The maximum absolute atomic E-state index is 12.1. The molecular formula is C28H35N4O3+. The van der Waals surface area contributed by atoms with Crippen molar-refractivity contribution in [3.63, 3.8) is 0 Å². The molecule has 35 heavy (non-hydrogen) atoms. The van der Waals surface area contributed by atoms with Crippen molar-refractivity contribution in [2.24, 2.45) is 0 Å². The van der Waals surface area contributed by atoms with Crippen LogP contribution < -0.4 is 20.7 Å². The van der Waals surface area contributed by atoms with Crippen molar-refractivity contribution in [2.75, 3.05) is 18.6 Å². The van der Waals surface area contributed by atoms with E-state index in [0.717, 1.165) is 30.6 Å². The molecule has 2 aromatic carbocycles. The first-order chi connectivity index (χ1) is 17.1. The SMILES string of the molecule is CCCC[n+]1ccc(C(Cc2ccccc2NNC(=O)C(=O)NCCCO)c2ccccc2)cc1. The van der Waals surface area contributed by atoms with Crippen molar-refractivity contribution >= 4 is 17.5 Å². The van der Waals surface area contributed by atoms with E-state index in [2.05, 4.69) is 64.3 Å². The summed E-state index contributed by atoms with van der Waals surface area (Å²) in [5, 5.41) is 11.3. The predicted molar refractivity (Wildman–Crippen MR) is 136 cm³/mol. The number of unbranched alkanes of at least 4 members (excludes halogenated alkanes) is 1. The zero-order chi connectivity index (χ0) is 24.9. The minimum Gasteiger partial charge on any atom is -0.396 e. The van der Waals surface area contributed by atoms with Crippen LogP contribution in [0.4, 0.5) is 5.69 Å². The van der Waals surface area contributed by atoms with Crippen LogP contribution in [-0.2, 0) is 22.6 Å². The van der Waals surface area contributed by atoms with Gasteiger partial charge in [0, 0.05) is 37.6 Å². The number of aliphatic hydroxyl groups excluding tert-OH is 1. The number of aromatic nitrogens is 1. The second-order valence-corrected chi connectivity index (χ2v) is 8.46. The minimum atomic E-state index is -0.781. The standard InChI is InChI=1S/C28H34N4O3/c1-2-3-17-32-18-14-23(15-19-32)25(22-10-5-4-6-11-22)21-24-12-7-8-13-26(24)30-31-28(35)27(34)29-16-9-20-33/h4-8,10-15,18-19,25,33H,2-3,9,16-17,20-21H2,1H3,(H2-,29,30,31,34,35)/p+1. The van der Waals surface area contributed by atoms with Gasteiger partial charge < -0.3 is 10.4 Å². The van der Waals surface area contributed by atoms with E-state index in [1.54, 1.807) is 0 Å². The smallest absolute Gasteiger partial charge is 0.327 e. The highest BCUT2D eigenvalue weighted by atomic mass is 16.3. The van der Waals surface area contributed by atoms with E-state index in [1.165, 1.54) is 11.1 Å². The first-order valence-electron chi connectivity index (χ1n) is 12.2. The average molecular weight is 476 g/mol. The molecule has 0 aliphatic carbocycles. The van der Waals surface area contributed by atoms with Crippen molar-refractivity contribution < 1.29 is 19.3 Å². The van der Waals surface area contributed by atoms with Crippen LogP contribution in [0.1, 0.15) is 48.8 Å². The molecule has 4 N–H and O–H groups in total. The lowest BCUT2D eigenvalue weighted by atomic mass is 9.86. The van der Waals surface area contributed by atoms with E-state index in [9.17, 15) is 9.59 Å². The molecular weight excluding hydrogens is 440 g/mol. The van der Waals surface area contributed by atoms with Crippen molar-refractivity contribution in [3.05, 3.63) is 95.8 Å². The molecule has 0 spiro atoms. The van der Waals surface area contributed by atoms with E-state index in [1.807, 2.05) is 42.5 Å². The van der Waals surface area contributed by atoms with Gasteiger partial charge in [0.15, 0.2) is 12.4 Å². The number of aliphatic hydroxyl groups is 1. The van der Waals surface area contributed by atoms with Crippen LogP contribution in [0.5, 0.6) is 0 Å². The van der Waals surface area contributed by atoms with Gasteiger partial charge in [0.1, 0.15) is 6.54 Å². The predicted octanol–water partition coefficient (Wildman–Crippen LogP) is 3.09. The molecule has 0 saturated heterocycles. The van der Waals surface area contributed by atoms with Crippen LogP contribution in [0.3, 0.4) is 0 Å². The summed E-state index contributed by atoms with van der Waals surface area (Å²) >= 11 is 0. The monoisotopic (exact) mass is 475 g/mol. The van der Waals surface area contributed by atoms with Crippen LogP contribution in [-0.4, -0.2) is 30.1 Å². The molecule has 0 radical (unpaired) electrons. The Hall–Kier alpha value is -3.71. The number of nitrogens with zero attached hydrogens (tertiary/aromatic N) is 1. The quantitative estimate of drug-likeness (QED) is 0.140. The summed E-state index contributed by atoms with van der Waals surface area (Å²) in [4.78, 5) is 24.1. The summed E-state index contributed by atoms with van der Waals surface area (Å²) in [6.45, 7) is 3.40. The molecule has 2 amide bonds. The number of benzene rings is 2. The number of anilines is 1. The van der Waals surface area contributed by atoms with Gasteiger partial charge >= 0.3 is 11.8 Å². The van der Waals surface area contributed by atoms with E-state index in [-0.39, 0.29) is 19.1 Å². The molecule has 1 atom stereocenters. The third-order valence-electron chi connectivity index (χ3n) is 5.87. The summed E-state index contributed by atoms with van der Waals surface area (Å²) in [6.07, 6.45) is 7.70. The number of para-hydroxylation sites is 1. The summed E-state index contributed by atoms with van der Waals surface area (Å²) in [5.41, 5.74) is 9.57. The Morgan fingerprint density at radius 2 is 1.57 bits per heavy atom. The number of nitrogens with one attached hydrogen (secondary N) is 3. The van der Waals surface area contributed by atoms with Gasteiger partial charge in [-0.25, -0.2) is 4.57 Å². The third kappa shape index (κ3) is 7.93. The number of amides is 2. The van der Waals surface area contributed by atoms with E-state index in [0.29, 0.717) is 12.8 Å². The van der Waals surface area contributed by atoms with Crippen LogP contribution in [0.25, 0.3) is 0 Å². The Kier molecular flexibility index (Phi) is 10.3. The van der Waals surface area contributed by atoms with Crippen LogP contribution >= 0.6 is 0 Å². The normalized spacial score (nSPS) is 11.5. The molecule has 0 saturated carbocycles. The van der Waals surface area contributed by atoms with Crippen LogP contribution in [0, 0.1) is 0 Å². The molecule has 0 aliphatic rings. The number of hydrogen-bond acceptors (Lipinski definition) is 4. The van der Waals surface area contributed by atoms with Gasteiger partial charge in [-0.1, -0.05) is 61.9 Å². The van der Waals surface area contributed by atoms with Crippen molar-refractivity contribution in [1.82, 2.24) is 10.7 Å². The van der Waals surface area contributed by atoms with Gasteiger partial charge in [-0.2, -0.15) is 0 Å². The Balaban J connectivity index is 1.76. The van der Waals surface area contributed by atoms with Gasteiger partial charge in [0.05, 0.1) is 5.69 Å². The molecule has 1 heterocycles. The molecule has 7 nitrogen and oxygen atoms in total. The number of carbonyl (C=O) groups is 2. The number of rotatable bonds is 12. The molecule has 0 aliphatic heterocycles. The molecule has 3 aromatic rings. The van der Waals surface area contributed by atoms with Crippen molar-refractivity contribution in [2.45, 2.75) is 45.1 Å². The van der Waals surface area contributed by atoms with Gasteiger partial charge in [-0.05, 0) is 35.6 Å². The molecule has 7 heteroatoms. The van der Waals surface area contributed by atoms with E-state index < -0.39 is 11.8 Å². The zero-order valence-corrected chi connectivity index (χ0v) is 20.2. The van der Waals surface area contributed by atoms with Crippen molar-refractivity contribution in [1.29, 1.82) is 0 Å². The maximum atomic E-state index is 12.1. The minimum absolute atomic E-state index is 0.0454. The lowest BCUT2D eigenvalue weighted by molar-refractivity contribution is -0.697. The van der Waals surface area contributed by atoms with Gasteiger partial charge in [0.25, 0.3) is 0 Å². The van der Waals surface area contributed by atoms with E-state index in [4.69, 9.17) is 5.11 Å². The van der Waals surface area contributed by atoms with Crippen LogP contribution in [0.15, 0.2) is 79.1 Å². The third-order valence-corrected chi connectivity index (χ3v) is 5.87. The number of aryl methyl sites for hydroxylation is 1. The number of pyridine rings is 1. The van der Waals surface area contributed by atoms with Gasteiger partial charge in [-0.15, -0.1) is 0 Å². The highest BCUT2D eigenvalue weighted by Gasteiger charge is 2.19. The lowest BCUT2D eigenvalue weighted by Crippen LogP contribution is -2.43. The number of carbonyl (C=O) groups excluding carboxylic acids is 2. The average Bonchev–Trinajstić information content (AvgIpc) is 2.90. The Bertz CT molecular complexity index is 1070. The highest BCUT2D eigenvalue weighted by Crippen LogP contribution is 2.30.